The minimum atomic E-state index is -1.23. The number of hydrogen-bond donors (Lipinski definition) is 0. The van der Waals surface area contributed by atoms with E-state index in [2.05, 4.69) is 15.6 Å². The molecule has 1 atom stereocenters. The summed E-state index contributed by atoms with van der Waals surface area (Å²) >= 11 is 0. The van der Waals surface area contributed by atoms with Crippen molar-refractivity contribution in [1.29, 1.82) is 0 Å². The Balaban J connectivity index is 0.00000240. The largest absolute Gasteiger partial charge is 1.00 e. The van der Waals surface area contributed by atoms with E-state index in [1.54, 1.807) is 21.0 Å². The van der Waals surface area contributed by atoms with E-state index >= 15 is 0 Å². The number of aliphatic carboxylic acids is 1. The normalized spacial score (nSPS) is 11.6. The van der Waals surface area contributed by atoms with Crippen LogP contribution in [0.1, 0.15) is 30.9 Å². The van der Waals surface area contributed by atoms with Gasteiger partial charge in [0.15, 0.2) is 11.5 Å². The Kier molecular flexibility index (Phi) is 11.5. The third-order valence-corrected chi connectivity index (χ3v) is 7.70. The van der Waals surface area contributed by atoms with Gasteiger partial charge in [-0.05, 0) is 60.9 Å². The van der Waals surface area contributed by atoms with Crippen LogP contribution in [0.25, 0.3) is 33.3 Å². The van der Waals surface area contributed by atoms with Crippen LogP contribution < -0.4 is 48.9 Å². The molecule has 8 nitrogen and oxygen atoms in total. The van der Waals surface area contributed by atoms with Crippen LogP contribution in [-0.2, 0) is 17.9 Å². The molecular weight excluding hydrogens is 611 g/mol. The zero-order valence-corrected chi connectivity index (χ0v) is 29.6. The summed E-state index contributed by atoms with van der Waals surface area (Å²) in [4.78, 5) is 16.4. The van der Waals surface area contributed by atoms with E-state index in [-0.39, 0.29) is 55.6 Å². The Labute approximate surface area is 297 Å². The average molecular weight is 647 g/mol. The van der Waals surface area contributed by atoms with Gasteiger partial charge in [-0.3, -0.25) is 0 Å². The van der Waals surface area contributed by atoms with Crippen molar-refractivity contribution >= 4 is 41.3 Å². The molecule has 0 N–H and O–H groups in total. The summed E-state index contributed by atoms with van der Waals surface area (Å²) in [6.07, 6.45) is -1.06. The molecule has 0 saturated heterocycles. The molecular formula is C36H35N2NaO6S. The van der Waals surface area contributed by atoms with Crippen molar-refractivity contribution in [3.63, 3.8) is 0 Å². The van der Waals surface area contributed by atoms with Crippen LogP contribution in [0.2, 0.25) is 0 Å². The Bertz CT molecular complexity index is 1950. The molecule has 2 heterocycles. The van der Waals surface area contributed by atoms with Crippen LogP contribution >= 0.6 is 13.5 Å². The number of rotatable bonds is 11. The van der Waals surface area contributed by atoms with Crippen LogP contribution in [0.4, 0.5) is 0 Å². The molecule has 0 unspecified atom stereocenters. The molecule has 0 aliphatic heterocycles. The first-order valence-corrected chi connectivity index (χ1v) is 14.5. The first-order valence-electron chi connectivity index (χ1n) is 14.5. The van der Waals surface area contributed by atoms with Crippen molar-refractivity contribution in [2.24, 2.45) is 5.92 Å². The minimum Gasteiger partial charge on any atom is -0.546 e. The number of carbonyl (C=O) groups is 1. The maximum atomic E-state index is 11.8. The van der Waals surface area contributed by atoms with Gasteiger partial charge in [0.05, 0.1) is 18.6 Å². The van der Waals surface area contributed by atoms with Gasteiger partial charge in [0.1, 0.15) is 29.9 Å². The van der Waals surface area contributed by atoms with Crippen LogP contribution in [0.5, 0.6) is 17.2 Å². The van der Waals surface area contributed by atoms with Crippen LogP contribution in [0.3, 0.4) is 0 Å². The number of aryl methyl sites for hydroxylation is 1. The monoisotopic (exact) mass is 646 g/mol. The third-order valence-electron chi connectivity index (χ3n) is 7.70. The predicted octanol–water partition coefficient (Wildman–Crippen LogP) is 3.66. The fourth-order valence-electron chi connectivity index (χ4n) is 5.45. The van der Waals surface area contributed by atoms with Crippen molar-refractivity contribution < 1.29 is 58.1 Å². The van der Waals surface area contributed by atoms with E-state index in [1.165, 1.54) is 0 Å². The number of ether oxygens (including phenoxy) is 3. The van der Waals surface area contributed by atoms with Gasteiger partial charge in [0, 0.05) is 28.4 Å². The average Bonchev–Trinajstić information content (AvgIpc) is 3.57. The van der Waals surface area contributed by atoms with Gasteiger partial charge in [-0.2, -0.15) is 13.5 Å². The number of benzene rings is 4. The fraction of sp³-hybridized carbons (Fsp3) is 0.222. The van der Waals surface area contributed by atoms with Crippen molar-refractivity contribution in [2.75, 3.05) is 7.11 Å². The van der Waals surface area contributed by atoms with Crippen LogP contribution in [0.15, 0.2) is 95.4 Å². The van der Waals surface area contributed by atoms with Crippen molar-refractivity contribution in [2.45, 2.75) is 40.0 Å². The summed E-state index contributed by atoms with van der Waals surface area (Å²) in [6.45, 7) is 6.26. The first-order chi connectivity index (χ1) is 21.3. The molecule has 0 fully saturated rings. The van der Waals surface area contributed by atoms with Crippen molar-refractivity contribution in [3.05, 3.63) is 108 Å². The molecule has 0 bridgehead atoms. The van der Waals surface area contributed by atoms with E-state index in [9.17, 15) is 9.90 Å². The number of carboxylic acids is 1. The summed E-state index contributed by atoms with van der Waals surface area (Å²) < 4.78 is 26.0. The van der Waals surface area contributed by atoms with E-state index in [4.69, 9.17) is 18.6 Å². The Morgan fingerprint density at radius 1 is 0.913 bits per heavy atom. The number of aromatic nitrogens is 2. The summed E-state index contributed by atoms with van der Waals surface area (Å²) in [5, 5.41) is 13.6. The van der Waals surface area contributed by atoms with E-state index < -0.39 is 12.1 Å². The van der Waals surface area contributed by atoms with Crippen molar-refractivity contribution in [3.8, 4) is 28.7 Å². The minimum absolute atomic E-state index is 0. The number of oxazole rings is 1. The smallest absolute Gasteiger partial charge is 0.546 e. The number of hydrogen-bond acceptors (Lipinski definition) is 7. The maximum absolute atomic E-state index is 11.8. The molecule has 10 heteroatoms. The van der Waals surface area contributed by atoms with E-state index in [0.29, 0.717) is 35.4 Å². The molecule has 0 aliphatic carbocycles. The molecule has 0 saturated carbocycles. The second-order valence-electron chi connectivity index (χ2n) is 11.0. The van der Waals surface area contributed by atoms with E-state index in [1.807, 2.05) is 91.9 Å². The molecule has 0 radical (unpaired) electrons. The standard InChI is InChI=1S/C36H34N2O6.Na.H2S/c1-22(2)34(36(39)40)44-31-16-10-15-29-33(31)26-13-8-9-14-28(26)38(29)20-24-17-18-30(32(19-24)41-4)42-21-27-23(3)43-35(37-27)25-11-6-5-7-12-25;;/h5-19,22,34H,20-21H2,1-4H3,(H,39,40);;1H2/q;+1;/p-1/t34-;;/m0../s1. The van der Waals surface area contributed by atoms with Gasteiger partial charge in [0.2, 0.25) is 5.89 Å². The van der Waals surface area contributed by atoms with Gasteiger partial charge in [0.25, 0.3) is 0 Å². The number of para-hydroxylation sites is 1. The van der Waals surface area contributed by atoms with Gasteiger partial charge in [-0.25, -0.2) is 4.98 Å². The predicted molar refractivity (Wildman–Crippen MR) is 177 cm³/mol. The van der Waals surface area contributed by atoms with Crippen LogP contribution in [0, 0.1) is 12.8 Å². The Morgan fingerprint density at radius 3 is 2.35 bits per heavy atom. The van der Waals surface area contributed by atoms with Crippen molar-refractivity contribution in [1.82, 2.24) is 9.55 Å². The molecule has 0 amide bonds. The van der Waals surface area contributed by atoms with Gasteiger partial charge in [-0.1, -0.05) is 62.4 Å². The molecule has 232 valence electrons. The number of fused-ring (bicyclic) bond motifs is 3. The third kappa shape index (κ3) is 7.08. The Morgan fingerprint density at radius 2 is 1.63 bits per heavy atom. The number of carbonyl (C=O) groups excluding carboxylic acids is 1. The second-order valence-corrected chi connectivity index (χ2v) is 11.0. The molecule has 0 aliphatic rings. The molecule has 2 aromatic heterocycles. The zero-order valence-electron chi connectivity index (χ0n) is 26.6. The molecule has 6 aromatic rings. The molecule has 46 heavy (non-hydrogen) atoms. The summed E-state index contributed by atoms with van der Waals surface area (Å²) in [5.74, 6) is 1.49. The summed E-state index contributed by atoms with van der Waals surface area (Å²) in [5.41, 5.74) is 4.56. The number of carboxylic acid groups (broad SMARTS) is 1. The first kappa shape index (κ1) is 35.0. The maximum Gasteiger partial charge on any atom is 1.00 e. The molecule has 6 rings (SSSR count). The molecule has 0 spiro atoms. The second kappa shape index (κ2) is 15.1. The molecule has 4 aromatic carbocycles. The number of methoxy groups -OCH3 is 1. The van der Waals surface area contributed by atoms with Gasteiger partial charge >= 0.3 is 29.6 Å². The quantitative estimate of drug-likeness (QED) is 0.198. The fourth-order valence-corrected chi connectivity index (χ4v) is 5.45. The van der Waals surface area contributed by atoms with Crippen LogP contribution in [-0.4, -0.2) is 28.7 Å². The summed E-state index contributed by atoms with van der Waals surface area (Å²) in [6, 6.07) is 29.4. The number of nitrogens with zero attached hydrogens (tertiary/aromatic N) is 2. The Hall–Kier alpha value is -3.89. The van der Waals surface area contributed by atoms with Gasteiger partial charge in [-0.15, -0.1) is 0 Å². The SMILES string of the molecule is COc1cc(Cn2c3ccccc3c3c(O[C@H](C(=O)[O-])C(C)C)cccc32)ccc1OCc1nc(-c2ccccc2)oc1C.S.[Na+]. The zero-order chi connectivity index (χ0) is 30.8. The van der Waals surface area contributed by atoms with Gasteiger partial charge < -0.3 is 33.1 Å². The summed E-state index contributed by atoms with van der Waals surface area (Å²) in [7, 11) is 1.62. The topological polar surface area (TPSA) is 98.8 Å². The van der Waals surface area contributed by atoms with E-state index in [0.717, 1.165) is 38.6 Å².